The molecule has 6 nitrogen and oxygen atoms in total. The number of carbonyl (C=O) groups is 2. The Bertz CT molecular complexity index is 1030. The summed E-state index contributed by atoms with van der Waals surface area (Å²) in [4.78, 5) is 22.8. The van der Waals surface area contributed by atoms with Gasteiger partial charge in [0.25, 0.3) is 0 Å². The van der Waals surface area contributed by atoms with E-state index in [9.17, 15) is 19.8 Å². The molecule has 0 saturated heterocycles. The van der Waals surface area contributed by atoms with Gasteiger partial charge < -0.3 is 14.7 Å². The average molecular weight is 363 g/mol. The zero-order valence-corrected chi connectivity index (χ0v) is 14.6. The van der Waals surface area contributed by atoms with Gasteiger partial charge in [-0.15, -0.1) is 0 Å². The van der Waals surface area contributed by atoms with Gasteiger partial charge in [0.15, 0.2) is 5.76 Å². The van der Waals surface area contributed by atoms with E-state index in [2.05, 4.69) is 5.16 Å². The minimum atomic E-state index is -1.07. The van der Waals surface area contributed by atoms with Crippen LogP contribution in [0.4, 0.5) is 0 Å². The summed E-state index contributed by atoms with van der Waals surface area (Å²) < 4.78 is 5.18. The Morgan fingerprint density at radius 1 is 0.926 bits per heavy atom. The van der Waals surface area contributed by atoms with Crippen molar-refractivity contribution in [1.82, 2.24) is 5.16 Å². The molecule has 1 aliphatic rings. The lowest BCUT2D eigenvalue weighted by Crippen LogP contribution is -2.19. The Kier molecular flexibility index (Phi) is 3.84. The number of aromatic nitrogens is 1. The van der Waals surface area contributed by atoms with Crippen molar-refractivity contribution in [2.24, 2.45) is 0 Å². The van der Waals surface area contributed by atoms with Crippen molar-refractivity contribution >= 4 is 11.9 Å². The van der Waals surface area contributed by atoms with Crippen LogP contribution < -0.4 is 0 Å². The van der Waals surface area contributed by atoms with Gasteiger partial charge >= 0.3 is 11.9 Å². The van der Waals surface area contributed by atoms with E-state index in [4.69, 9.17) is 4.52 Å². The molecule has 136 valence electrons. The fourth-order valence-corrected chi connectivity index (χ4v) is 3.37. The standard InChI is InChI=1S/C21H17NO5/c1-12-17(19(23)24)18(27-22-12)15-4-2-13(3-5-15)14-6-8-16(9-7-14)21(10-11-21)20(25)26/h2-9H,10-11H2,1H3,(H,23,24)(H,25,26). The number of aliphatic carboxylic acids is 1. The summed E-state index contributed by atoms with van der Waals surface area (Å²) >= 11 is 0. The number of aromatic carboxylic acids is 1. The van der Waals surface area contributed by atoms with Crippen LogP contribution in [0.15, 0.2) is 53.1 Å². The van der Waals surface area contributed by atoms with Crippen molar-refractivity contribution in [3.8, 4) is 22.5 Å². The average Bonchev–Trinajstić information content (AvgIpc) is 3.39. The molecule has 1 aliphatic carbocycles. The monoisotopic (exact) mass is 363 g/mol. The number of rotatable bonds is 5. The first-order valence-electron chi connectivity index (χ1n) is 8.57. The van der Waals surface area contributed by atoms with Crippen molar-refractivity contribution < 1.29 is 24.3 Å². The number of benzene rings is 2. The van der Waals surface area contributed by atoms with Crippen molar-refractivity contribution in [2.45, 2.75) is 25.2 Å². The summed E-state index contributed by atoms with van der Waals surface area (Å²) in [6, 6.07) is 14.9. The number of carboxylic acid groups (broad SMARTS) is 2. The molecule has 0 atom stereocenters. The third-order valence-corrected chi connectivity index (χ3v) is 5.15. The fourth-order valence-electron chi connectivity index (χ4n) is 3.37. The number of hydrogen-bond acceptors (Lipinski definition) is 4. The SMILES string of the molecule is Cc1noc(-c2ccc(-c3ccc(C4(C(=O)O)CC4)cc3)cc2)c1C(=O)O. The third kappa shape index (κ3) is 2.79. The first-order chi connectivity index (χ1) is 12.9. The molecule has 1 saturated carbocycles. The zero-order valence-electron chi connectivity index (χ0n) is 14.6. The summed E-state index contributed by atoms with van der Waals surface area (Å²) in [6.45, 7) is 1.59. The predicted molar refractivity (Wildman–Crippen MR) is 97.6 cm³/mol. The molecule has 1 heterocycles. The van der Waals surface area contributed by atoms with Crippen LogP contribution in [0.5, 0.6) is 0 Å². The highest BCUT2D eigenvalue weighted by Gasteiger charge is 2.51. The second kappa shape index (κ2) is 6.09. The molecule has 1 aromatic heterocycles. The lowest BCUT2D eigenvalue weighted by atomic mass is 9.93. The number of aryl methyl sites for hydroxylation is 1. The van der Waals surface area contributed by atoms with Crippen LogP contribution in [0, 0.1) is 6.92 Å². The van der Waals surface area contributed by atoms with Crippen molar-refractivity contribution in [1.29, 1.82) is 0 Å². The maximum Gasteiger partial charge on any atom is 0.341 e. The van der Waals surface area contributed by atoms with E-state index in [0.717, 1.165) is 16.7 Å². The largest absolute Gasteiger partial charge is 0.481 e. The predicted octanol–water partition coefficient (Wildman–Crippen LogP) is 4.13. The van der Waals surface area contributed by atoms with Gasteiger partial charge in [-0.3, -0.25) is 4.79 Å². The van der Waals surface area contributed by atoms with Gasteiger partial charge in [-0.2, -0.15) is 0 Å². The number of carboxylic acids is 2. The smallest absolute Gasteiger partial charge is 0.341 e. The van der Waals surface area contributed by atoms with Crippen LogP contribution in [0.25, 0.3) is 22.5 Å². The van der Waals surface area contributed by atoms with Crippen LogP contribution in [-0.4, -0.2) is 27.3 Å². The van der Waals surface area contributed by atoms with Crippen molar-refractivity contribution in [2.75, 3.05) is 0 Å². The van der Waals surface area contributed by atoms with Gasteiger partial charge in [0.05, 0.1) is 11.1 Å². The molecule has 0 amide bonds. The van der Waals surface area contributed by atoms with E-state index in [1.165, 1.54) is 0 Å². The lowest BCUT2D eigenvalue weighted by molar-refractivity contribution is -0.140. The van der Waals surface area contributed by atoms with E-state index >= 15 is 0 Å². The maximum absolute atomic E-state index is 11.4. The summed E-state index contributed by atoms with van der Waals surface area (Å²) in [5, 5.41) is 22.5. The van der Waals surface area contributed by atoms with Gasteiger partial charge in [-0.25, -0.2) is 4.79 Å². The van der Waals surface area contributed by atoms with Gasteiger partial charge in [0, 0.05) is 5.56 Å². The van der Waals surface area contributed by atoms with Gasteiger partial charge in [-0.1, -0.05) is 53.7 Å². The van der Waals surface area contributed by atoms with E-state index in [1.54, 1.807) is 19.1 Å². The molecule has 2 N–H and O–H groups in total. The molecule has 0 radical (unpaired) electrons. The minimum Gasteiger partial charge on any atom is -0.481 e. The van der Waals surface area contributed by atoms with Gasteiger partial charge in [0.1, 0.15) is 5.56 Å². The van der Waals surface area contributed by atoms with Gasteiger partial charge in [0.2, 0.25) is 0 Å². The van der Waals surface area contributed by atoms with Crippen LogP contribution in [0.1, 0.15) is 34.5 Å². The fraction of sp³-hybridized carbons (Fsp3) is 0.190. The molecule has 0 spiro atoms. The second-order valence-electron chi connectivity index (χ2n) is 6.82. The molecular formula is C21H17NO5. The first-order valence-corrected chi connectivity index (χ1v) is 8.57. The normalized spacial score (nSPS) is 14.7. The van der Waals surface area contributed by atoms with Crippen LogP contribution in [-0.2, 0) is 10.2 Å². The Morgan fingerprint density at radius 3 is 1.93 bits per heavy atom. The summed E-state index contributed by atoms with van der Waals surface area (Å²) in [7, 11) is 0. The Hall–Kier alpha value is -3.41. The third-order valence-electron chi connectivity index (χ3n) is 5.15. The molecule has 2 aromatic carbocycles. The van der Waals surface area contributed by atoms with Gasteiger partial charge in [-0.05, 0) is 36.5 Å². The lowest BCUT2D eigenvalue weighted by Gasteiger charge is -2.11. The van der Waals surface area contributed by atoms with E-state index in [0.29, 0.717) is 24.1 Å². The van der Waals surface area contributed by atoms with Crippen LogP contribution >= 0.6 is 0 Å². The van der Waals surface area contributed by atoms with E-state index in [-0.39, 0.29) is 11.3 Å². The molecule has 0 bridgehead atoms. The molecule has 1 fully saturated rings. The van der Waals surface area contributed by atoms with E-state index in [1.807, 2.05) is 36.4 Å². The van der Waals surface area contributed by atoms with Crippen LogP contribution in [0.2, 0.25) is 0 Å². The summed E-state index contributed by atoms with van der Waals surface area (Å²) in [5.41, 5.74) is 3.06. The first kappa shape index (κ1) is 17.0. The summed E-state index contributed by atoms with van der Waals surface area (Å²) in [6.07, 6.45) is 1.36. The molecular weight excluding hydrogens is 346 g/mol. The maximum atomic E-state index is 11.4. The molecule has 0 aliphatic heterocycles. The quantitative estimate of drug-likeness (QED) is 0.707. The zero-order chi connectivity index (χ0) is 19.2. The highest BCUT2D eigenvalue weighted by molar-refractivity contribution is 5.95. The molecule has 6 heteroatoms. The second-order valence-corrected chi connectivity index (χ2v) is 6.82. The number of hydrogen-bond donors (Lipinski definition) is 2. The topological polar surface area (TPSA) is 101 Å². The highest BCUT2D eigenvalue weighted by Crippen LogP contribution is 2.48. The van der Waals surface area contributed by atoms with Crippen molar-refractivity contribution in [3.63, 3.8) is 0 Å². The Balaban J connectivity index is 1.62. The molecule has 4 rings (SSSR count). The molecule has 3 aromatic rings. The molecule has 0 unspecified atom stereocenters. The van der Waals surface area contributed by atoms with Crippen LogP contribution in [0.3, 0.4) is 0 Å². The van der Waals surface area contributed by atoms with E-state index < -0.39 is 17.4 Å². The van der Waals surface area contributed by atoms with Crippen molar-refractivity contribution in [3.05, 3.63) is 65.4 Å². The Morgan fingerprint density at radius 2 is 1.44 bits per heavy atom. The molecule has 27 heavy (non-hydrogen) atoms. The number of nitrogens with zero attached hydrogens (tertiary/aromatic N) is 1. The Labute approximate surface area is 155 Å². The highest BCUT2D eigenvalue weighted by atomic mass is 16.5. The summed E-state index contributed by atoms with van der Waals surface area (Å²) in [5.74, 6) is -1.61. The minimum absolute atomic E-state index is 0.0653.